The summed E-state index contributed by atoms with van der Waals surface area (Å²) in [4.78, 5) is 21.7. The molecule has 7 heteroatoms. The largest absolute Gasteiger partial charge is 0.423 e. The second kappa shape index (κ2) is 5.66. The molecule has 0 aliphatic heterocycles. The Labute approximate surface area is 117 Å². The zero-order valence-corrected chi connectivity index (χ0v) is 10.6. The first-order valence-corrected chi connectivity index (χ1v) is 5.77. The molecule has 0 bridgehead atoms. The lowest BCUT2D eigenvalue weighted by Gasteiger charge is -2.06. The minimum Gasteiger partial charge on any atom is -0.423 e. The molecule has 0 N–H and O–H groups in total. The summed E-state index contributed by atoms with van der Waals surface area (Å²) in [7, 11) is 0. The SMILES string of the molecule is O=C(Oc1ccc([N+](=O)[O-])cc1)c1c(F)cccc1Cl. The lowest BCUT2D eigenvalue weighted by Crippen LogP contribution is -2.11. The Bertz CT molecular complexity index is 652. The molecule has 102 valence electrons. The third-order valence-electron chi connectivity index (χ3n) is 2.42. The van der Waals surface area contributed by atoms with E-state index in [-0.39, 0.29) is 22.0 Å². The van der Waals surface area contributed by atoms with Crippen molar-refractivity contribution >= 4 is 23.3 Å². The summed E-state index contributed by atoms with van der Waals surface area (Å²) in [5.74, 6) is -1.72. The number of benzene rings is 2. The van der Waals surface area contributed by atoms with Crippen LogP contribution in [0.4, 0.5) is 10.1 Å². The molecule has 0 aliphatic rings. The molecule has 2 rings (SSSR count). The summed E-state index contributed by atoms with van der Waals surface area (Å²) in [5, 5.41) is 10.4. The molecule has 0 unspecified atom stereocenters. The van der Waals surface area contributed by atoms with Crippen LogP contribution in [0.3, 0.4) is 0 Å². The summed E-state index contributed by atoms with van der Waals surface area (Å²) in [6.07, 6.45) is 0. The fraction of sp³-hybridized carbons (Fsp3) is 0. The van der Waals surface area contributed by atoms with Crippen LogP contribution in [0.15, 0.2) is 42.5 Å². The van der Waals surface area contributed by atoms with E-state index in [2.05, 4.69) is 0 Å². The Morgan fingerprint density at radius 2 is 1.85 bits per heavy atom. The van der Waals surface area contributed by atoms with E-state index in [1.54, 1.807) is 0 Å². The molecule has 0 radical (unpaired) electrons. The molecule has 0 saturated heterocycles. The van der Waals surface area contributed by atoms with E-state index in [9.17, 15) is 19.3 Å². The number of halogens is 2. The number of ether oxygens (including phenoxy) is 1. The Hall–Kier alpha value is -2.47. The lowest BCUT2D eigenvalue weighted by molar-refractivity contribution is -0.384. The van der Waals surface area contributed by atoms with Gasteiger partial charge in [0.25, 0.3) is 5.69 Å². The normalized spacial score (nSPS) is 10.1. The van der Waals surface area contributed by atoms with Gasteiger partial charge in [-0.3, -0.25) is 10.1 Å². The highest BCUT2D eigenvalue weighted by Crippen LogP contribution is 2.23. The van der Waals surface area contributed by atoms with Gasteiger partial charge in [0, 0.05) is 12.1 Å². The second-order valence-electron chi connectivity index (χ2n) is 3.74. The van der Waals surface area contributed by atoms with Crippen molar-refractivity contribution in [1.29, 1.82) is 0 Å². The molecule has 0 spiro atoms. The van der Waals surface area contributed by atoms with Crippen molar-refractivity contribution in [1.82, 2.24) is 0 Å². The number of carbonyl (C=O) groups excluding carboxylic acids is 1. The quantitative estimate of drug-likeness (QED) is 0.375. The Kier molecular flexibility index (Phi) is 3.95. The van der Waals surface area contributed by atoms with E-state index in [0.29, 0.717) is 0 Å². The van der Waals surface area contributed by atoms with Crippen molar-refractivity contribution in [3.63, 3.8) is 0 Å². The van der Waals surface area contributed by atoms with Gasteiger partial charge in [-0.2, -0.15) is 0 Å². The van der Waals surface area contributed by atoms with E-state index < -0.39 is 16.7 Å². The fourth-order valence-corrected chi connectivity index (χ4v) is 1.73. The number of nitro benzene ring substituents is 1. The lowest BCUT2D eigenvalue weighted by atomic mass is 10.2. The highest BCUT2D eigenvalue weighted by molar-refractivity contribution is 6.33. The summed E-state index contributed by atoms with van der Waals surface area (Å²) in [6.45, 7) is 0. The molecule has 20 heavy (non-hydrogen) atoms. The molecular formula is C13H7ClFNO4. The van der Waals surface area contributed by atoms with Gasteiger partial charge in [-0.15, -0.1) is 0 Å². The average molecular weight is 296 g/mol. The maximum absolute atomic E-state index is 13.5. The van der Waals surface area contributed by atoms with Gasteiger partial charge in [-0.05, 0) is 24.3 Å². The average Bonchev–Trinajstić information content (AvgIpc) is 2.39. The number of carbonyl (C=O) groups is 1. The van der Waals surface area contributed by atoms with Gasteiger partial charge >= 0.3 is 5.97 Å². The number of nitro groups is 1. The van der Waals surface area contributed by atoms with Crippen LogP contribution in [0.25, 0.3) is 0 Å². The predicted octanol–water partition coefficient (Wildman–Crippen LogP) is 3.61. The van der Waals surface area contributed by atoms with Crippen molar-refractivity contribution in [3.05, 3.63) is 69.0 Å². The van der Waals surface area contributed by atoms with E-state index >= 15 is 0 Å². The van der Waals surface area contributed by atoms with Gasteiger partial charge in [-0.1, -0.05) is 17.7 Å². The molecular weight excluding hydrogens is 289 g/mol. The number of nitrogens with zero attached hydrogens (tertiary/aromatic N) is 1. The molecule has 0 amide bonds. The highest BCUT2D eigenvalue weighted by Gasteiger charge is 2.18. The minimum absolute atomic E-state index is 0.0555. The van der Waals surface area contributed by atoms with Crippen molar-refractivity contribution in [2.24, 2.45) is 0 Å². The Balaban J connectivity index is 2.21. The van der Waals surface area contributed by atoms with Gasteiger partial charge < -0.3 is 4.74 Å². The minimum atomic E-state index is -0.970. The molecule has 0 aliphatic carbocycles. The van der Waals surface area contributed by atoms with Crippen molar-refractivity contribution < 1.29 is 18.8 Å². The van der Waals surface area contributed by atoms with Gasteiger partial charge in [0.05, 0.1) is 9.95 Å². The molecule has 0 saturated carbocycles. The molecule has 2 aromatic carbocycles. The van der Waals surface area contributed by atoms with Gasteiger partial charge in [0.15, 0.2) is 0 Å². The van der Waals surface area contributed by atoms with E-state index in [1.807, 2.05) is 0 Å². The molecule has 0 aromatic heterocycles. The summed E-state index contributed by atoms with van der Waals surface area (Å²) in [6, 6.07) is 8.63. The number of non-ortho nitro benzene ring substituents is 1. The summed E-state index contributed by atoms with van der Waals surface area (Å²) >= 11 is 5.73. The summed E-state index contributed by atoms with van der Waals surface area (Å²) in [5.41, 5.74) is -0.527. The van der Waals surface area contributed by atoms with Crippen LogP contribution >= 0.6 is 11.6 Å². The Morgan fingerprint density at radius 1 is 1.20 bits per heavy atom. The van der Waals surface area contributed by atoms with Gasteiger partial charge in [0.1, 0.15) is 17.1 Å². The Morgan fingerprint density at radius 3 is 2.40 bits per heavy atom. The first-order valence-electron chi connectivity index (χ1n) is 5.39. The third kappa shape index (κ3) is 2.92. The van der Waals surface area contributed by atoms with Crippen molar-refractivity contribution in [2.45, 2.75) is 0 Å². The van der Waals surface area contributed by atoms with Crippen LogP contribution in [0.5, 0.6) is 5.75 Å². The maximum Gasteiger partial charge on any atom is 0.348 e. The van der Waals surface area contributed by atoms with Crippen molar-refractivity contribution in [3.8, 4) is 5.75 Å². The maximum atomic E-state index is 13.5. The van der Waals surface area contributed by atoms with Crippen LogP contribution in [0, 0.1) is 15.9 Å². The van der Waals surface area contributed by atoms with Gasteiger partial charge in [0.2, 0.25) is 0 Å². The number of esters is 1. The standard InChI is InChI=1S/C13H7ClFNO4/c14-10-2-1-3-11(15)12(10)13(17)20-9-6-4-8(5-7-9)16(18)19/h1-7H. The van der Waals surface area contributed by atoms with Crippen LogP contribution < -0.4 is 4.74 Å². The molecule has 0 heterocycles. The first-order chi connectivity index (χ1) is 9.49. The van der Waals surface area contributed by atoms with Crippen LogP contribution in [0.1, 0.15) is 10.4 Å². The zero-order chi connectivity index (χ0) is 14.7. The molecule has 0 fully saturated rings. The van der Waals surface area contributed by atoms with Crippen molar-refractivity contribution in [2.75, 3.05) is 0 Å². The third-order valence-corrected chi connectivity index (χ3v) is 2.74. The smallest absolute Gasteiger partial charge is 0.348 e. The molecule has 0 atom stereocenters. The van der Waals surface area contributed by atoms with Crippen LogP contribution in [0.2, 0.25) is 5.02 Å². The summed E-state index contributed by atoms with van der Waals surface area (Å²) < 4.78 is 18.4. The second-order valence-corrected chi connectivity index (χ2v) is 4.14. The van der Waals surface area contributed by atoms with Crippen LogP contribution in [-0.2, 0) is 0 Å². The fourth-order valence-electron chi connectivity index (χ4n) is 1.49. The number of rotatable bonds is 3. The number of hydrogen-bond donors (Lipinski definition) is 0. The van der Waals surface area contributed by atoms with E-state index in [0.717, 1.165) is 6.07 Å². The van der Waals surface area contributed by atoms with Crippen LogP contribution in [-0.4, -0.2) is 10.9 Å². The van der Waals surface area contributed by atoms with E-state index in [1.165, 1.54) is 36.4 Å². The zero-order valence-electron chi connectivity index (χ0n) is 9.88. The molecule has 2 aromatic rings. The highest BCUT2D eigenvalue weighted by atomic mass is 35.5. The predicted molar refractivity (Wildman–Crippen MR) is 69.5 cm³/mol. The number of hydrogen-bond acceptors (Lipinski definition) is 4. The first kappa shape index (κ1) is 14.0. The monoisotopic (exact) mass is 295 g/mol. The van der Waals surface area contributed by atoms with Gasteiger partial charge in [-0.25, -0.2) is 9.18 Å². The molecule has 5 nitrogen and oxygen atoms in total. The topological polar surface area (TPSA) is 69.4 Å². The van der Waals surface area contributed by atoms with E-state index in [4.69, 9.17) is 16.3 Å².